The zero-order chi connectivity index (χ0) is 10.4. The van der Waals surface area contributed by atoms with Gasteiger partial charge in [-0.1, -0.05) is 19.3 Å². The molecule has 15 heavy (non-hydrogen) atoms. The van der Waals surface area contributed by atoms with Crippen LogP contribution in [-0.4, -0.2) is 35.2 Å². The summed E-state index contributed by atoms with van der Waals surface area (Å²) in [7, 11) is 0. The lowest BCUT2D eigenvalue weighted by atomic mass is 9.67. The normalized spacial score (nSPS) is 33.4. The van der Waals surface area contributed by atoms with Crippen LogP contribution in [-0.2, 0) is 0 Å². The highest BCUT2D eigenvalue weighted by Gasteiger charge is 2.46. The quantitative estimate of drug-likeness (QED) is 0.753. The Morgan fingerprint density at radius 2 is 1.53 bits per heavy atom. The van der Waals surface area contributed by atoms with Crippen molar-refractivity contribution < 1.29 is 5.11 Å². The first-order chi connectivity index (χ1) is 7.20. The van der Waals surface area contributed by atoms with E-state index in [1.165, 1.54) is 51.6 Å². The smallest absolute Gasteiger partial charge is 0.0774 e. The minimum atomic E-state index is -0.295. The lowest BCUT2D eigenvalue weighted by Gasteiger charge is -2.55. The molecule has 0 aromatic heterocycles. The fraction of sp³-hybridized carbons (Fsp3) is 1.00. The lowest BCUT2D eigenvalue weighted by molar-refractivity contribution is -0.111. The van der Waals surface area contributed by atoms with E-state index in [0.29, 0.717) is 5.41 Å². The Morgan fingerprint density at radius 1 is 0.867 bits per heavy atom. The molecule has 1 spiro atoms. The van der Waals surface area contributed by atoms with Crippen molar-refractivity contribution in [1.29, 1.82) is 0 Å². The predicted molar refractivity (Wildman–Crippen MR) is 60.8 cm³/mol. The summed E-state index contributed by atoms with van der Waals surface area (Å²) in [5.74, 6) is 0. The molecule has 1 N–H and O–H groups in total. The van der Waals surface area contributed by atoms with Crippen molar-refractivity contribution in [3.63, 3.8) is 0 Å². The number of hydrogen-bond donors (Lipinski definition) is 1. The number of nitrogens with zero attached hydrogens (tertiary/aromatic N) is 1. The molecule has 2 heteroatoms. The summed E-state index contributed by atoms with van der Waals surface area (Å²) < 4.78 is 0. The van der Waals surface area contributed by atoms with Crippen LogP contribution >= 0.6 is 0 Å². The average molecular weight is 209 g/mol. The van der Waals surface area contributed by atoms with E-state index in [9.17, 15) is 5.11 Å². The van der Waals surface area contributed by atoms with Crippen molar-refractivity contribution in [1.82, 2.24) is 4.90 Å². The van der Waals surface area contributed by atoms with Crippen LogP contribution in [0.1, 0.15) is 51.4 Å². The van der Waals surface area contributed by atoms with Crippen molar-refractivity contribution in [2.45, 2.75) is 57.0 Å². The molecule has 2 nitrogen and oxygen atoms in total. The summed E-state index contributed by atoms with van der Waals surface area (Å²) >= 11 is 0. The topological polar surface area (TPSA) is 23.5 Å². The molecule has 1 aliphatic heterocycles. The van der Waals surface area contributed by atoms with E-state index in [-0.39, 0.29) is 5.60 Å². The third-order valence-corrected chi connectivity index (χ3v) is 4.83. The molecule has 2 saturated carbocycles. The molecule has 86 valence electrons. The van der Waals surface area contributed by atoms with E-state index < -0.39 is 0 Å². The third kappa shape index (κ3) is 1.83. The van der Waals surface area contributed by atoms with Gasteiger partial charge >= 0.3 is 0 Å². The fourth-order valence-electron chi connectivity index (χ4n) is 3.79. The Labute approximate surface area is 92.7 Å². The first kappa shape index (κ1) is 10.1. The number of β-amino-alcohol motifs (C(OH)–C–C–N with tert-alkyl or cyclic N) is 1. The maximum Gasteiger partial charge on any atom is 0.0774 e. The van der Waals surface area contributed by atoms with E-state index >= 15 is 0 Å². The van der Waals surface area contributed by atoms with Gasteiger partial charge in [-0.25, -0.2) is 0 Å². The van der Waals surface area contributed by atoms with Gasteiger partial charge in [0.1, 0.15) is 0 Å². The van der Waals surface area contributed by atoms with Crippen LogP contribution in [0.2, 0.25) is 0 Å². The van der Waals surface area contributed by atoms with E-state index in [1.807, 2.05) is 0 Å². The second-order valence-corrected chi connectivity index (χ2v) is 6.28. The Bertz CT molecular complexity index is 233. The predicted octanol–water partition coefficient (Wildman–Crippen LogP) is 2.17. The Hall–Kier alpha value is -0.0800. The van der Waals surface area contributed by atoms with E-state index in [2.05, 4.69) is 4.90 Å². The molecule has 0 aromatic rings. The third-order valence-electron chi connectivity index (χ3n) is 4.83. The molecule has 3 rings (SSSR count). The number of aliphatic hydroxyl groups is 1. The zero-order valence-electron chi connectivity index (χ0n) is 9.67. The van der Waals surface area contributed by atoms with E-state index in [4.69, 9.17) is 0 Å². The first-order valence-electron chi connectivity index (χ1n) is 6.65. The van der Waals surface area contributed by atoms with Gasteiger partial charge in [0.25, 0.3) is 0 Å². The van der Waals surface area contributed by atoms with Gasteiger partial charge in [0.05, 0.1) is 5.60 Å². The maximum absolute atomic E-state index is 10.1. The molecular weight excluding hydrogens is 186 g/mol. The molecule has 2 aliphatic carbocycles. The SMILES string of the molecule is OC1(CN2CC3(CCCCC3)C2)CCC1. The highest BCUT2D eigenvalue weighted by Crippen LogP contribution is 2.45. The second-order valence-electron chi connectivity index (χ2n) is 6.28. The van der Waals surface area contributed by atoms with Crippen LogP contribution in [0.4, 0.5) is 0 Å². The first-order valence-corrected chi connectivity index (χ1v) is 6.65. The molecule has 0 unspecified atom stereocenters. The monoisotopic (exact) mass is 209 g/mol. The molecule has 0 atom stereocenters. The van der Waals surface area contributed by atoms with E-state index in [1.54, 1.807) is 0 Å². The Morgan fingerprint density at radius 3 is 2.07 bits per heavy atom. The standard InChI is InChI=1S/C13H23NO/c15-13(7-4-8-13)11-14-9-12(10-14)5-2-1-3-6-12/h15H,1-11H2. The minimum absolute atomic E-state index is 0.295. The number of likely N-dealkylation sites (tertiary alicyclic amines) is 1. The highest BCUT2D eigenvalue weighted by atomic mass is 16.3. The molecular formula is C13H23NO. The maximum atomic E-state index is 10.1. The fourth-order valence-corrected chi connectivity index (χ4v) is 3.79. The van der Waals surface area contributed by atoms with Gasteiger partial charge in [-0.15, -0.1) is 0 Å². The molecule has 0 amide bonds. The number of rotatable bonds is 2. The van der Waals surface area contributed by atoms with Crippen LogP contribution in [0.25, 0.3) is 0 Å². The Kier molecular flexibility index (Phi) is 2.33. The van der Waals surface area contributed by atoms with Crippen molar-refractivity contribution in [2.75, 3.05) is 19.6 Å². The van der Waals surface area contributed by atoms with Crippen LogP contribution in [0, 0.1) is 5.41 Å². The van der Waals surface area contributed by atoms with Gasteiger partial charge < -0.3 is 5.11 Å². The van der Waals surface area contributed by atoms with Crippen molar-refractivity contribution in [3.05, 3.63) is 0 Å². The number of hydrogen-bond acceptors (Lipinski definition) is 2. The van der Waals surface area contributed by atoms with E-state index in [0.717, 1.165) is 19.4 Å². The lowest BCUT2D eigenvalue weighted by Crippen LogP contribution is -2.61. The van der Waals surface area contributed by atoms with Crippen molar-refractivity contribution in [2.24, 2.45) is 5.41 Å². The molecule has 3 fully saturated rings. The van der Waals surface area contributed by atoms with Gasteiger partial charge in [-0.3, -0.25) is 4.90 Å². The van der Waals surface area contributed by atoms with Crippen molar-refractivity contribution >= 4 is 0 Å². The zero-order valence-corrected chi connectivity index (χ0v) is 9.67. The summed E-state index contributed by atoms with van der Waals surface area (Å²) in [4.78, 5) is 2.49. The van der Waals surface area contributed by atoms with Crippen LogP contribution < -0.4 is 0 Å². The van der Waals surface area contributed by atoms with Gasteiger partial charge in [-0.05, 0) is 37.5 Å². The van der Waals surface area contributed by atoms with Gasteiger partial charge in [0.2, 0.25) is 0 Å². The molecule has 0 radical (unpaired) electrons. The van der Waals surface area contributed by atoms with Crippen LogP contribution in [0.5, 0.6) is 0 Å². The molecule has 0 aromatic carbocycles. The molecule has 0 bridgehead atoms. The Balaban J connectivity index is 1.48. The summed E-state index contributed by atoms with van der Waals surface area (Å²) in [5, 5.41) is 10.1. The van der Waals surface area contributed by atoms with Crippen molar-refractivity contribution in [3.8, 4) is 0 Å². The molecule has 3 aliphatic rings. The van der Waals surface area contributed by atoms with Gasteiger partial charge in [0, 0.05) is 19.6 Å². The summed E-state index contributed by atoms with van der Waals surface area (Å²) in [6, 6.07) is 0. The molecule has 1 heterocycles. The average Bonchev–Trinajstić information content (AvgIpc) is 2.14. The van der Waals surface area contributed by atoms with Gasteiger partial charge in [-0.2, -0.15) is 0 Å². The summed E-state index contributed by atoms with van der Waals surface area (Å²) in [6.07, 6.45) is 10.5. The van der Waals surface area contributed by atoms with Gasteiger partial charge in [0.15, 0.2) is 0 Å². The van der Waals surface area contributed by atoms with Crippen LogP contribution in [0.3, 0.4) is 0 Å². The second kappa shape index (κ2) is 3.46. The minimum Gasteiger partial charge on any atom is -0.389 e. The summed E-state index contributed by atoms with van der Waals surface area (Å²) in [6.45, 7) is 3.50. The summed E-state index contributed by atoms with van der Waals surface area (Å²) in [5.41, 5.74) is 0.384. The van der Waals surface area contributed by atoms with Crippen LogP contribution in [0.15, 0.2) is 0 Å². The molecule has 1 saturated heterocycles. The largest absolute Gasteiger partial charge is 0.389 e. The highest BCUT2D eigenvalue weighted by molar-refractivity contribution is 5.00.